The van der Waals surface area contributed by atoms with E-state index in [0.29, 0.717) is 12.0 Å². The number of rotatable bonds is 9. The summed E-state index contributed by atoms with van der Waals surface area (Å²) in [6.07, 6.45) is 8.26. The molecule has 3 nitrogen and oxygen atoms in total. The van der Waals surface area contributed by atoms with Crippen LogP contribution in [0.5, 0.6) is 0 Å². The average molecular weight is 296 g/mol. The molecular formula is C18H36N2O. The van der Waals surface area contributed by atoms with Crippen LogP contribution < -0.4 is 5.32 Å². The lowest BCUT2D eigenvalue weighted by Gasteiger charge is -2.35. The SMILES string of the molecule is CCNC(CN(CCC(C)C)C1CCCC1)C1CCOC1. The first-order chi connectivity index (χ1) is 10.2. The first kappa shape index (κ1) is 17.2. The summed E-state index contributed by atoms with van der Waals surface area (Å²) in [4.78, 5) is 2.80. The summed E-state index contributed by atoms with van der Waals surface area (Å²) >= 11 is 0. The number of hydrogen-bond donors (Lipinski definition) is 1. The van der Waals surface area contributed by atoms with E-state index in [0.717, 1.165) is 31.7 Å². The van der Waals surface area contributed by atoms with Gasteiger partial charge in [0.05, 0.1) is 6.61 Å². The zero-order valence-corrected chi connectivity index (χ0v) is 14.4. The molecule has 2 unspecified atom stereocenters. The monoisotopic (exact) mass is 296 g/mol. The van der Waals surface area contributed by atoms with Crippen molar-refractivity contribution in [2.75, 3.05) is 32.8 Å². The number of nitrogens with zero attached hydrogens (tertiary/aromatic N) is 1. The Labute approximate surface area is 131 Å². The largest absolute Gasteiger partial charge is 0.381 e. The van der Waals surface area contributed by atoms with Crippen molar-refractivity contribution >= 4 is 0 Å². The molecule has 0 radical (unpaired) electrons. The van der Waals surface area contributed by atoms with Crippen molar-refractivity contribution in [3.05, 3.63) is 0 Å². The van der Waals surface area contributed by atoms with Crippen LogP contribution in [0.25, 0.3) is 0 Å². The highest BCUT2D eigenvalue weighted by Crippen LogP contribution is 2.26. The van der Waals surface area contributed by atoms with Gasteiger partial charge in [0.15, 0.2) is 0 Å². The van der Waals surface area contributed by atoms with Crippen LogP contribution in [-0.2, 0) is 4.74 Å². The van der Waals surface area contributed by atoms with E-state index in [1.165, 1.54) is 51.6 Å². The minimum Gasteiger partial charge on any atom is -0.381 e. The van der Waals surface area contributed by atoms with Crippen molar-refractivity contribution in [3.8, 4) is 0 Å². The van der Waals surface area contributed by atoms with Gasteiger partial charge in [-0.05, 0) is 44.7 Å². The molecule has 2 atom stereocenters. The minimum absolute atomic E-state index is 0.616. The predicted octanol–water partition coefficient (Wildman–Crippen LogP) is 3.29. The van der Waals surface area contributed by atoms with Gasteiger partial charge in [-0.15, -0.1) is 0 Å². The van der Waals surface area contributed by atoms with E-state index in [-0.39, 0.29) is 0 Å². The van der Waals surface area contributed by atoms with Crippen molar-refractivity contribution in [2.45, 2.75) is 71.4 Å². The number of likely N-dealkylation sites (N-methyl/N-ethyl adjacent to an activating group) is 1. The van der Waals surface area contributed by atoms with Crippen LogP contribution in [0.3, 0.4) is 0 Å². The van der Waals surface area contributed by atoms with Gasteiger partial charge in [-0.25, -0.2) is 0 Å². The molecule has 1 aliphatic carbocycles. The van der Waals surface area contributed by atoms with E-state index >= 15 is 0 Å². The Kier molecular flexibility index (Phi) is 7.48. The van der Waals surface area contributed by atoms with Gasteiger partial charge in [0.2, 0.25) is 0 Å². The number of ether oxygens (including phenoxy) is 1. The van der Waals surface area contributed by atoms with E-state index in [4.69, 9.17) is 4.74 Å². The van der Waals surface area contributed by atoms with Crippen LogP contribution in [0, 0.1) is 11.8 Å². The van der Waals surface area contributed by atoms with Gasteiger partial charge >= 0.3 is 0 Å². The molecule has 2 aliphatic rings. The Morgan fingerprint density at radius 3 is 2.52 bits per heavy atom. The highest BCUT2D eigenvalue weighted by Gasteiger charge is 2.30. The predicted molar refractivity (Wildman–Crippen MR) is 89.7 cm³/mol. The summed E-state index contributed by atoms with van der Waals surface area (Å²) in [7, 11) is 0. The standard InChI is InChI=1S/C18H36N2O/c1-4-19-18(16-10-12-21-14-16)13-20(11-9-15(2)3)17-7-5-6-8-17/h15-19H,4-14H2,1-3H3. The Morgan fingerprint density at radius 1 is 1.19 bits per heavy atom. The molecule has 2 rings (SSSR count). The molecule has 3 heteroatoms. The third-order valence-electron chi connectivity index (χ3n) is 5.27. The maximum absolute atomic E-state index is 5.63. The number of hydrogen-bond acceptors (Lipinski definition) is 3. The summed E-state index contributed by atoms with van der Waals surface area (Å²) in [5.74, 6) is 1.52. The first-order valence-electron chi connectivity index (χ1n) is 9.25. The maximum atomic E-state index is 5.63. The van der Waals surface area contributed by atoms with Gasteiger partial charge in [-0.1, -0.05) is 33.6 Å². The van der Waals surface area contributed by atoms with Gasteiger partial charge in [0, 0.05) is 31.2 Å². The van der Waals surface area contributed by atoms with E-state index < -0.39 is 0 Å². The molecule has 0 aromatic rings. The van der Waals surface area contributed by atoms with E-state index in [9.17, 15) is 0 Å². The quantitative estimate of drug-likeness (QED) is 0.706. The first-order valence-corrected chi connectivity index (χ1v) is 9.25. The number of nitrogens with one attached hydrogen (secondary N) is 1. The van der Waals surface area contributed by atoms with Crippen molar-refractivity contribution in [1.29, 1.82) is 0 Å². The zero-order chi connectivity index (χ0) is 15.1. The van der Waals surface area contributed by atoms with E-state index in [2.05, 4.69) is 31.0 Å². The molecule has 0 bridgehead atoms. The topological polar surface area (TPSA) is 24.5 Å². The van der Waals surface area contributed by atoms with Crippen LogP contribution >= 0.6 is 0 Å². The lowest BCUT2D eigenvalue weighted by atomic mass is 9.97. The van der Waals surface area contributed by atoms with Crippen LogP contribution in [0.2, 0.25) is 0 Å². The van der Waals surface area contributed by atoms with Crippen LogP contribution in [0.15, 0.2) is 0 Å². The Bertz CT molecular complexity index is 270. The molecular weight excluding hydrogens is 260 g/mol. The van der Waals surface area contributed by atoms with Crippen molar-refractivity contribution in [1.82, 2.24) is 10.2 Å². The van der Waals surface area contributed by atoms with Gasteiger partial charge in [-0.3, -0.25) is 4.90 Å². The van der Waals surface area contributed by atoms with Gasteiger partial charge in [-0.2, -0.15) is 0 Å². The normalized spacial score (nSPS) is 25.3. The van der Waals surface area contributed by atoms with Gasteiger partial charge < -0.3 is 10.1 Å². The fourth-order valence-corrected chi connectivity index (χ4v) is 3.88. The maximum Gasteiger partial charge on any atom is 0.0510 e. The second-order valence-electron chi connectivity index (χ2n) is 7.40. The van der Waals surface area contributed by atoms with Gasteiger partial charge in [0.1, 0.15) is 0 Å². The molecule has 124 valence electrons. The molecule has 1 heterocycles. The molecule has 0 amide bonds. The van der Waals surface area contributed by atoms with Gasteiger partial charge in [0.25, 0.3) is 0 Å². The third-order valence-corrected chi connectivity index (χ3v) is 5.27. The summed E-state index contributed by atoms with van der Waals surface area (Å²) in [6.45, 7) is 12.4. The minimum atomic E-state index is 0.616. The summed E-state index contributed by atoms with van der Waals surface area (Å²) in [5.41, 5.74) is 0. The fraction of sp³-hybridized carbons (Fsp3) is 1.00. The lowest BCUT2D eigenvalue weighted by Crippen LogP contribution is -2.49. The molecule has 2 fully saturated rings. The smallest absolute Gasteiger partial charge is 0.0510 e. The molecule has 0 aromatic carbocycles. The van der Waals surface area contributed by atoms with Crippen molar-refractivity contribution in [3.63, 3.8) is 0 Å². The van der Waals surface area contributed by atoms with Crippen molar-refractivity contribution < 1.29 is 4.74 Å². The molecule has 1 aliphatic heterocycles. The Balaban J connectivity index is 1.92. The van der Waals surface area contributed by atoms with Crippen LogP contribution in [-0.4, -0.2) is 49.8 Å². The molecule has 0 spiro atoms. The second-order valence-corrected chi connectivity index (χ2v) is 7.40. The van der Waals surface area contributed by atoms with Crippen LogP contribution in [0.1, 0.15) is 59.3 Å². The van der Waals surface area contributed by atoms with E-state index in [1.807, 2.05) is 0 Å². The van der Waals surface area contributed by atoms with E-state index in [1.54, 1.807) is 0 Å². The lowest BCUT2D eigenvalue weighted by molar-refractivity contribution is 0.135. The molecule has 0 aromatic heterocycles. The van der Waals surface area contributed by atoms with Crippen LogP contribution in [0.4, 0.5) is 0 Å². The highest BCUT2D eigenvalue weighted by atomic mass is 16.5. The second kappa shape index (κ2) is 9.12. The average Bonchev–Trinajstić information content (AvgIpc) is 3.13. The summed E-state index contributed by atoms with van der Waals surface area (Å²) < 4.78 is 5.63. The molecule has 1 saturated heterocycles. The molecule has 21 heavy (non-hydrogen) atoms. The zero-order valence-electron chi connectivity index (χ0n) is 14.4. The summed E-state index contributed by atoms with van der Waals surface area (Å²) in [5, 5.41) is 3.74. The highest BCUT2D eigenvalue weighted by molar-refractivity contribution is 4.86. The fourth-order valence-electron chi connectivity index (χ4n) is 3.88. The summed E-state index contributed by atoms with van der Waals surface area (Å²) in [6, 6.07) is 1.46. The van der Waals surface area contributed by atoms with Crippen molar-refractivity contribution in [2.24, 2.45) is 11.8 Å². The molecule has 1 N–H and O–H groups in total. The third kappa shape index (κ3) is 5.54. The Hall–Kier alpha value is -0.120. The Morgan fingerprint density at radius 2 is 1.95 bits per heavy atom. The molecule has 1 saturated carbocycles.